The monoisotopic (exact) mass is 413 g/mol. The van der Waals surface area contributed by atoms with Gasteiger partial charge in [0.15, 0.2) is 0 Å². The summed E-state index contributed by atoms with van der Waals surface area (Å²) in [5.74, 6) is 0. The van der Waals surface area contributed by atoms with Gasteiger partial charge in [-0.1, -0.05) is 72.8 Å². The van der Waals surface area contributed by atoms with Crippen LogP contribution in [-0.2, 0) is 6.54 Å². The Kier molecular flexibility index (Phi) is 6.03. The van der Waals surface area contributed by atoms with E-state index in [1.807, 2.05) is 67.6 Å². The lowest BCUT2D eigenvalue weighted by atomic mass is 10.0. The second-order valence-corrected chi connectivity index (χ2v) is 7.21. The number of urea groups is 1. The van der Waals surface area contributed by atoms with Crippen LogP contribution >= 0.6 is 0 Å². The van der Waals surface area contributed by atoms with Crippen molar-refractivity contribution in [2.24, 2.45) is 0 Å². The normalized spacial score (nSPS) is 11.8. The highest BCUT2D eigenvalue weighted by Gasteiger charge is 2.15. The number of hydrogen-bond acceptors (Lipinski definition) is 4. The molecule has 0 aliphatic carbocycles. The number of carbonyl (C=O) groups is 1. The van der Waals surface area contributed by atoms with Crippen LogP contribution in [0.3, 0.4) is 0 Å². The highest BCUT2D eigenvalue weighted by Crippen LogP contribution is 2.27. The molecule has 1 unspecified atom stereocenters. The molecule has 1 heterocycles. The Bertz CT molecular complexity index is 1250. The number of nitrogens with one attached hydrogen (secondary N) is 2. The summed E-state index contributed by atoms with van der Waals surface area (Å²) >= 11 is 0. The zero-order valence-corrected chi connectivity index (χ0v) is 17.2. The molecule has 0 spiro atoms. The number of rotatable bonds is 6. The van der Waals surface area contributed by atoms with Gasteiger partial charge in [0.1, 0.15) is 5.52 Å². The maximum absolute atomic E-state index is 12.7. The number of para-hydroxylation sites is 1. The molecule has 31 heavy (non-hydrogen) atoms. The minimum absolute atomic E-state index is 0.222. The van der Waals surface area contributed by atoms with E-state index in [0.717, 1.165) is 11.1 Å². The molecule has 0 radical (unpaired) electrons. The van der Waals surface area contributed by atoms with E-state index in [4.69, 9.17) is 0 Å². The summed E-state index contributed by atoms with van der Waals surface area (Å²) in [5.41, 5.74) is 3.00. The number of hydrogen-bond donors (Lipinski definition) is 2. The number of benzene rings is 3. The van der Waals surface area contributed by atoms with Crippen LogP contribution in [0.2, 0.25) is 0 Å². The van der Waals surface area contributed by atoms with Gasteiger partial charge in [0, 0.05) is 5.56 Å². The van der Waals surface area contributed by atoms with Crippen molar-refractivity contribution in [2.75, 3.05) is 5.32 Å². The largest absolute Gasteiger partial charge is 0.333 e. The number of fused-ring (bicyclic) bond motifs is 1. The Morgan fingerprint density at radius 1 is 0.968 bits per heavy atom. The van der Waals surface area contributed by atoms with Crippen molar-refractivity contribution in [1.29, 1.82) is 0 Å². The molecule has 7 nitrogen and oxygen atoms in total. The van der Waals surface area contributed by atoms with E-state index in [9.17, 15) is 9.59 Å². The number of amides is 2. The zero-order valence-electron chi connectivity index (χ0n) is 17.2. The molecule has 0 aliphatic rings. The molecule has 2 amide bonds. The highest BCUT2D eigenvalue weighted by atomic mass is 16.2. The third-order valence-electron chi connectivity index (χ3n) is 5.11. The number of nitrogens with zero attached hydrogens (tertiary/aromatic N) is 3. The fraction of sp³-hybridized carbons (Fsp3) is 0.167. The maximum atomic E-state index is 12.7. The molecule has 4 aromatic rings. The lowest BCUT2D eigenvalue weighted by Gasteiger charge is -2.19. The minimum atomic E-state index is -0.336. The predicted molar refractivity (Wildman–Crippen MR) is 122 cm³/mol. The highest BCUT2D eigenvalue weighted by molar-refractivity contribution is 5.94. The predicted octanol–water partition coefficient (Wildman–Crippen LogP) is 4.06. The standard InChI is InChI=1S/C24H23N5O2/c1-2-18(16-29-23(30)20-13-7-9-15-22(20)27-28-29)25-24(31)26-21-14-8-6-12-19(21)17-10-4-3-5-11-17/h3-15,18H,2,16H2,1H3,(H2,25,26,31). The topological polar surface area (TPSA) is 88.9 Å². The maximum Gasteiger partial charge on any atom is 0.319 e. The van der Waals surface area contributed by atoms with Crippen LogP contribution in [0.4, 0.5) is 10.5 Å². The molecule has 0 bridgehead atoms. The lowest BCUT2D eigenvalue weighted by Crippen LogP contribution is -2.42. The van der Waals surface area contributed by atoms with Gasteiger partial charge in [-0.2, -0.15) is 0 Å². The van der Waals surface area contributed by atoms with Gasteiger partial charge < -0.3 is 10.6 Å². The van der Waals surface area contributed by atoms with E-state index < -0.39 is 0 Å². The molecule has 3 aromatic carbocycles. The van der Waals surface area contributed by atoms with Gasteiger partial charge in [0.25, 0.3) is 5.56 Å². The van der Waals surface area contributed by atoms with Crippen LogP contribution < -0.4 is 16.2 Å². The fourth-order valence-corrected chi connectivity index (χ4v) is 3.43. The van der Waals surface area contributed by atoms with Gasteiger partial charge in [-0.15, -0.1) is 5.10 Å². The van der Waals surface area contributed by atoms with Crippen LogP contribution in [0.1, 0.15) is 13.3 Å². The zero-order chi connectivity index (χ0) is 21.6. The van der Waals surface area contributed by atoms with E-state index in [0.29, 0.717) is 23.0 Å². The van der Waals surface area contributed by atoms with Crippen molar-refractivity contribution in [3.05, 3.63) is 89.2 Å². The molecule has 7 heteroatoms. The molecular weight excluding hydrogens is 390 g/mol. The molecule has 156 valence electrons. The minimum Gasteiger partial charge on any atom is -0.333 e. The third kappa shape index (κ3) is 4.61. The Morgan fingerprint density at radius 2 is 1.68 bits per heavy atom. The van der Waals surface area contributed by atoms with Crippen molar-refractivity contribution in [1.82, 2.24) is 20.3 Å². The van der Waals surface area contributed by atoms with Gasteiger partial charge in [-0.3, -0.25) is 4.79 Å². The smallest absolute Gasteiger partial charge is 0.319 e. The first-order valence-corrected chi connectivity index (χ1v) is 10.2. The molecular formula is C24H23N5O2. The van der Waals surface area contributed by atoms with Crippen molar-refractivity contribution < 1.29 is 4.79 Å². The lowest BCUT2D eigenvalue weighted by molar-refractivity contribution is 0.245. The van der Waals surface area contributed by atoms with Crippen molar-refractivity contribution in [2.45, 2.75) is 25.9 Å². The van der Waals surface area contributed by atoms with Gasteiger partial charge >= 0.3 is 6.03 Å². The molecule has 1 atom stereocenters. The van der Waals surface area contributed by atoms with Gasteiger partial charge in [0.05, 0.1) is 23.7 Å². The van der Waals surface area contributed by atoms with Gasteiger partial charge in [0.2, 0.25) is 0 Å². The summed E-state index contributed by atoms with van der Waals surface area (Å²) in [7, 11) is 0. The van der Waals surface area contributed by atoms with Crippen LogP contribution in [0.5, 0.6) is 0 Å². The molecule has 2 N–H and O–H groups in total. The summed E-state index contributed by atoms with van der Waals surface area (Å²) in [4.78, 5) is 25.4. The van der Waals surface area contributed by atoms with E-state index >= 15 is 0 Å². The molecule has 0 fully saturated rings. The summed E-state index contributed by atoms with van der Waals surface area (Å²) in [6, 6.07) is 24.0. The Balaban J connectivity index is 1.49. The fourth-order valence-electron chi connectivity index (χ4n) is 3.43. The number of carbonyl (C=O) groups excluding carboxylic acids is 1. The Hall–Kier alpha value is -4.00. The molecule has 1 aromatic heterocycles. The van der Waals surface area contributed by atoms with E-state index in [1.165, 1.54) is 4.68 Å². The molecule has 4 rings (SSSR count). The van der Waals surface area contributed by atoms with Crippen molar-refractivity contribution in [3.8, 4) is 11.1 Å². The number of aromatic nitrogens is 3. The average Bonchev–Trinajstić information content (AvgIpc) is 2.81. The first-order chi connectivity index (χ1) is 15.2. The SMILES string of the molecule is CCC(Cn1nnc2ccccc2c1=O)NC(=O)Nc1ccccc1-c1ccccc1. The van der Waals surface area contributed by atoms with E-state index in [-0.39, 0.29) is 24.2 Å². The van der Waals surface area contributed by atoms with Crippen LogP contribution in [0, 0.1) is 0 Å². The van der Waals surface area contributed by atoms with Crippen LogP contribution in [0.15, 0.2) is 83.7 Å². The van der Waals surface area contributed by atoms with Crippen molar-refractivity contribution in [3.63, 3.8) is 0 Å². The summed E-state index contributed by atoms with van der Waals surface area (Å²) < 4.78 is 1.30. The second kappa shape index (κ2) is 9.21. The first-order valence-electron chi connectivity index (χ1n) is 10.2. The third-order valence-corrected chi connectivity index (χ3v) is 5.11. The molecule has 0 saturated carbocycles. The van der Waals surface area contributed by atoms with Crippen molar-refractivity contribution >= 4 is 22.6 Å². The van der Waals surface area contributed by atoms with Gasteiger partial charge in [-0.25, -0.2) is 9.48 Å². The van der Waals surface area contributed by atoms with Crippen LogP contribution in [-0.4, -0.2) is 27.1 Å². The van der Waals surface area contributed by atoms with Gasteiger partial charge in [-0.05, 0) is 30.2 Å². The average molecular weight is 413 g/mol. The van der Waals surface area contributed by atoms with E-state index in [2.05, 4.69) is 20.9 Å². The van der Waals surface area contributed by atoms with E-state index in [1.54, 1.807) is 18.2 Å². The summed E-state index contributed by atoms with van der Waals surface area (Å²) in [5, 5.41) is 14.5. The summed E-state index contributed by atoms with van der Waals surface area (Å²) in [6.07, 6.45) is 0.634. The quantitative estimate of drug-likeness (QED) is 0.499. The molecule has 0 saturated heterocycles. The summed E-state index contributed by atoms with van der Waals surface area (Å²) in [6.45, 7) is 2.18. The Labute approximate surface area is 179 Å². The Morgan fingerprint density at radius 3 is 2.48 bits per heavy atom. The second-order valence-electron chi connectivity index (χ2n) is 7.21. The molecule has 0 aliphatic heterocycles. The number of anilines is 1. The first kappa shape index (κ1) is 20.3. The van der Waals surface area contributed by atoms with Crippen LogP contribution in [0.25, 0.3) is 22.0 Å².